The minimum Gasteiger partial charge on any atom is -0.508 e. The van der Waals surface area contributed by atoms with E-state index in [-0.39, 0.29) is 11.5 Å². The number of nitrogens with one attached hydrogen (secondary N) is 1. The highest BCUT2D eigenvalue weighted by molar-refractivity contribution is 8.00. The van der Waals surface area contributed by atoms with Crippen molar-refractivity contribution in [3.05, 3.63) is 48.5 Å². The third kappa shape index (κ3) is 2.61. The maximum absolute atomic E-state index is 9.52. The van der Waals surface area contributed by atoms with Gasteiger partial charge in [-0.3, -0.25) is 0 Å². The zero-order valence-electron chi connectivity index (χ0n) is 8.42. The Balaban J connectivity index is 2.02. The number of benzene rings is 2. The fourth-order valence-corrected chi connectivity index (χ4v) is 1.86. The smallest absolute Gasteiger partial charge is 0.139 e. The van der Waals surface area contributed by atoms with Crippen molar-refractivity contribution in [3.8, 4) is 11.5 Å². The molecule has 16 heavy (non-hydrogen) atoms. The van der Waals surface area contributed by atoms with E-state index in [9.17, 15) is 5.11 Å². The van der Waals surface area contributed by atoms with Crippen molar-refractivity contribution in [1.29, 1.82) is 0 Å². The van der Waals surface area contributed by atoms with Gasteiger partial charge in [0.05, 0.1) is 5.69 Å². The molecule has 0 aliphatic heterocycles. The van der Waals surface area contributed by atoms with Gasteiger partial charge in [-0.1, -0.05) is 12.1 Å². The predicted molar refractivity (Wildman–Crippen MR) is 65.7 cm³/mol. The summed E-state index contributed by atoms with van der Waals surface area (Å²) in [6.07, 6.45) is 0. The first-order valence-corrected chi connectivity index (χ1v) is 5.57. The summed E-state index contributed by atoms with van der Waals surface area (Å²) in [5.41, 5.74) is 0.667. The Labute approximate surface area is 97.9 Å². The van der Waals surface area contributed by atoms with Crippen LogP contribution in [0.25, 0.3) is 0 Å². The van der Waals surface area contributed by atoms with E-state index in [4.69, 9.17) is 5.11 Å². The van der Waals surface area contributed by atoms with Crippen LogP contribution in [0.4, 0.5) is 5.69 Å². The Hall–Kier alpha value is -1.81. The molecule has 82 valence electrons. The fourth-order valence-electron chi connectivity index (χ4n) is 1.19. The molecule has 0 unspecified atom stereocenters. The van der Waals surface area contributed by atoms with Gasteiger partial charge in [0.15, 0.2) is 0 Å². The van der Waals surface area contributed by atoms with Crippen molar-refractivity contribution in [2.24, 2.45) is 0 Å². The summed E-state index contributed by atoms with van der Waals surface area (Å²) in [7, 11) is 0. The van der Waals surface area contributed by atoms with Crippen molar-refractivity contribution >= 4 is 17.6 Å². The molecule has 0 amide bonds. The van der Waals surface area contributed by atoms with Crippen LogP contribution in [0.5, 0.6) is 11.5 Å². The van der Waals surface area contributed by atoms with Crippen LogP contribution in [-0.2, 0) is 0 Å². The third-order valence-electron chi connectivity index (χ3n) is 2.02. The summed E-state index contributed by atoms with van der Waals surface area (Å²) in [6.45, 7) is 0. The Morgan fingerprint density at radius 1 is 0.875 bits per heavy atom. The van der Waals surface area contributed by atoms with Gasteiger partial charge in [-0.25, -0.2) is 0 Å². The fraction of sp³-hybridized carbons (Fsp3) is 0. The molecular weight excluding hydrogens is 222 g/mol. The Morgan fingerprint density at radius 2 is 1.56 bits per heavy atom. The lowest BCUT2D eigenvalue weighted by molar-refractivity contribution is 0.474. The first kappa shape index (κ1) is 10.7. The average Bonchev–Trinajstić information content (AvgIpc) is 2.30. The normalized spacial score (nSPS) is 10.0. The average molecular weight is 233 g/mol. The standard InChI is InChI=1S/C12H11NO2S/c14-9-5-7-10(8-6-9)16-13-11-3-1-2-4-12(11)15/h1-8,13-15H. The molecule has 0 saturated heterocycles. The largest absolute Gasteiger partial charge is 0.508 e. The molecule has 3 N–H and O–H groups in total. The molecule has 2 aromatic rings. The molecule has 0 saturated carbocycles. The summed E-state index contributed by atoms with van der Waals surface area (Å²) in [6, 6.07) is 13.9. The SMILES string of the molecule is Oc1ccc(SNc2ccccc2O)cc1. The van der Waals surface area contributed by atoms with Crippen molar-refractivity contribution in [2.45, 2.75) is 4.90 Å². The molecular formula is C12H11NO2S. The van der Waals surface area contributed by atoms with Crippen LogP contribution in [0, 0.1) is 0 Å². The number of phenols is 2. The third-order valence-corrected chi connectivity index (χ3v) is 2.85. The summed E-state index contributed by atoms with van der Waals surface area (Å²) in [5, 5.41) is 18.6. The quantitative estimate of drug-likeness (QED) is 0.563. The highest BCUT2D eigenvalue weighted by Gasteiger charge is 1.99. The Morgan fingerprint density at radius 3 is 2.25 bits per heavy atom. The second-order valence-corrected chi connectivity index (χ2v) is 4.09. The van der Waals surface area contributed by atoms with E-state index in [1.165, 1.54) is 11.9 Å². The molecule has 2 aromatic carbocycles. The molecule has 0 bridgehead atoms. The van der Waals surface area contributed by atoms with E-state index in [0.29, 0.717) is 5.69 Å². The van der Waals surface area contributed by atoms with Gasteiger partial charge in [0.2, 0.25) is 0 Å². The number of phenolic OH excluding ortho intramolecular Hbond substituents is 2. The summed E-state index contributed by atoms with van der Waals surface area (Å²) in [5.74, 6) is 0.459. The summed E-state index contributed by atoms with van der Waals surface area (Å²) in [4.78, 5) is 0.959. The Kier molecular flexibility index (Phi) is 3.22. The number of hydrogen-bond acceptors (Lipinski definition) is 4. The van der Waals surface area contributed by atoms with Gasteiger partial charge in [-0.15, -0.1) is 0 Å². The molecule has 0 atom stereocenters. The van der Waals surface area contributed by atoms with Crippen LogP contribution in [0.2, 0.25) is 0 Å². The highest BCUT2D eigenvalue weighted by atomic mass is 32.2. The monoisotopic (exact) mass is 233 g/mol. The molecule has 0 heterocycles. The lowest BCUT2D eigenvalue weighted by Gasteiger charge is -2.06. The van der Waals surface area contributed by atoms with Crippen molar-refractivity contribution in [3.63, 3.8) is 0 Å². The minimum atomic E-state index is 0.216. The van der Waals surface area contributed by atoms with Crippen LogP contribution in [0.15, 0.2) is 53.4 Å². The minimum absolute atomic E-state index is 0.216. The van der Waals surface area contributed by atoms with Crippen LogP contribution < -0.4 is 4.72 Å². The lowest BCUT2D eigenvalue weighted by atomic mass is 10.3. The summed E-state index contributed by atoms with van der Waals surface area (Å²) < 4.78 is 3.03. The van der Waals surface area contributed by atoms with Gasteiger partial charge >= 0.3 is 0 Å². The molecule has 0 spiro atoms. The van der Waals surface area contributed by atoms with E-state index >= 15 is 0 Å². The van der Waals surface area contributed by atoms with Gasteiger partial charge in [0.1, 0.15) is 11.5 Å². The van der Waals surface area contributed by atoms with E-state index in [2.05, 4.69) is 4.72 Å². The maximum Gasteiger partial charge on any atom is 0.139 e. The predicted octanol–water partition coefficient (Wildman–Crippen LogP) is 3.22. The van der Waals surface area contributed by atoms with Gasteiger partial charge in [0.25, 0.3) is 0 Å². The van der Waals surface area contributed by atoms with Crippen molar-refractivity contribution < 1.29 is 10.2 Å². The number of hydrogen-bond donors (Lipinski definition) is 3. The van der Waals surface area contributed by atoms with Crippen LogP contribution in [0.3, 0.4) is 0 Å². The van der Waals surface area contributed by atoms with Crippen LogP contribution in [0.1, 0.15) is 0 Å². The van der Waals surface area contributed by atoms with Gasteiger partial charge in [-0.2, -0.15) is 0 Å². The first-order chi connectivity index (χ1) is 7.75. The second-order valence-electron chi connectivity index (χ2n) is 3.22. The van der Waals surface area contributed by atoms with E-state index in [1.807, 2.05) is 6.07 Å². The van der Waals surface area contributed by atoms with Gasteiger partial charge in [-0.05, 0) is 48.3 Å². The lowest BCUT2D eigenvalue weighted by Crippen LogP contribution is -1.86. The maximum atomic E-state index is 9.52. The molecule has 0 aromatic heterocycles. The van der Waals surface area contributed by atoms with Crippen LogP contribution >= 0.6 is 11.9 Å². The van der Waals surface area contributed by atoms with Crippen molar-refractivity contribution in [2.75, 3.05) is 4.72 Å². The molecule has 0 fully saturated rings. The number of para-hydroxylation sites is 2. The zero-order valence-corrected chi connectivity index (χ0v) is 9.24. The second kappa shape index (κ2) is 4.81. The first-order valence-electron chi connectivity index (χ1n) is 4.75. The van der Waals surface area contributed by atoms with E-state index in [1.54, 1.807) is 42.5 Å². The molecule has 4 heteroatoms. The van der Waals surface area contributed by atoms with E-state index < -0.39 is 0 Å². The number of rotatable bonds is 3. The van der Waals surface area contributed by atoms with Gasteiger partial charge in [0, 0.05) is 4.90 Å². The van der Waals surface area contributed by atoms with Crippen molar-refractivity contribution in [1.82, 2.24) is 0 Å². The Bertz CT molecular complexity index is 471. The molecule has 0 aliphatic carbocycles. The summed E-state index contributed by atoms with van der Waals surface area (Å²) >= 11 is 1.38. The van der Waals surface area contributed by atoms with Crippen LogP contribution in [-0.4, -0.2) is 10.2 Å². The number of anilines is 1. The molecule has 0 aliphatic rings. The topological polar surface area (TPSA) is 52.5 Å². The highest BCUT2D eigenvalue weighted by Crippen LogP contribution is 2.28. The molecule has 3 nitrogen and oxygen atoms in total. The number of aromatic hydroxyl groups is 2. The molecule has 0 radical (unpaired) electrons. The zero-order chi connectivity index (χ0) is 11.4. The van der Waals surface area contributed by atoms with Gasteiger partial charge < -0.3 is 14.9 Å². The molecule has 2 rings (SSSR count). The van der Waals surface area contributed by atoms with E-state index in [0.717, 1.165) is 4.90 Å².